The van der Waals surface area contributed by atoms with Crippen molar-refractivity contribution in [2.75, 3.05) is 31.8 Å². The second-order valence-electron chi connectivity index (χ2n) is 4.32. The first-order chi connectivity index (χ1) is 10.6. The van der Waals surface area contributed by atoms with E-state index in [0.717, 1.165) is 0 Å². The molecular formula is C16H21NO5. The number of ether oxygens (including phenoxy) is 2. The third kappa shape index (κ3) is 4.33. The highest BCUT2D eigenvalue weighted by Gasteiger charge is 2.26. The Hall–Kier alpha value is -2.34. The Morgan fingerprint density at radius 2 is 1.59 bits per heavy atom. The first-order valence-corrected chi connectivity index (χ1v) is 7.03. The number of aliphatic hydroxyl groups excluding tert-OH is 1. The third-order valence-electron chi connectivity index (χ3n) is 2.91. The molecule has 0 fully saturated rings. The van der Waals surface area contributed by atoms with Gasteiger partial charge in [-0.05, 0) is 26.0 Å². The second kappa shape index (κ2) is 8.84. The quantitative estimate of drug-likeness (QED) is 0.607. The highest BCUT2D eigenvalue weighted by atomic mass is 16.5. The van der Waals surface area contributed by atoms with E-state index in [2.05, 4.69) is 0 Å². The van der Waals surface area contributed by atoms with Gasteiger partial charge in [-0.3, -0.25) is 0 Å². The largest absolute Gasteiger partial charge is 0.463 e. The van der Waals surface area contributed by atoms with Gasteiger partial charge in [0.1, 0.15) is 5.70 Å². The lowest BCUT2D eigenvalue weighted by molar-refractivity contribution is -0.142. The Kier molecular flexibility index (Phi) is 7.12. The zero-order chi connectivity index (χ0) is 16.5. The summed E-state index contributed by atoms with van der Waals surface area (Å²) in [6.07, 6.45) is 0. The maximum Gasteiger partial charge on any atom is 0.355 e. The van der Waals surface area contributed by atoms with Crippen LogP contribution in [0.1, 0.15) is 13.8 Å². The highest BCUT2D eigenvalue weighted by molar-refractivity contribution is 6.03. The van der Waals surface area contributed by atoms with Crippen LogP contribution in [0.3, 0.4) is 0 Å². The second-order valence-corrected chi connectivity index (χ2v) is 4.32. The molecule has 1 aromatic rings. The standard InChI is InChI=1S/C16H21NO5/c1-4-21-15(19)13(11-18)14(16(20)22-5-2)17(3)12-9-7-6-8-10-12/h6-10,18H,4-5,11H2,1-3H3/b14-13+. The predicted octanol–water partition coefficient (Wildman–Crippen LogP) is 1.50. The van der Waals surface area contributed by atoms with Crippen molar-refractivity contribution in [2.24, 2.45) is 0 Å². The van der Waals surface area contributed by atoms with E-state index < -0.39 is 18.5 Å². The smallest absolute Gasteiger partial charge is 0.355 e. The van der Waals surface area contributed by atoms with Crippen LogP contribution in [0.2, 0.25) is 0 Å². The lowest BCUT2D eigenvalue weighted by atomic mass is 10.1. The number of benzene rings is 1. The molecule has 0 aliphatic heterocycles. The van der Waals surface area contributed by atoms with Crippen molar-refractivity contribution < 1.29 is 24.2 Å². The molecule has 120 valence electrons. The van der Waals surface area contributed by atoms with Crippen LogP contribution in [-0.2, 0) is 19.1 Å². The maximum absolute atomic E-state index is 12.2. The summed E-state index contributed by atoms with van der Waals surface area (Å²) in [5.74, 6) is -1.43. The molecule has 0 aliphatic rings. The minimum Gasteiger partial charge on any atom is -0.463 e. The van der Waals surface area contributed by atoms with Crippen LogP contribution in [0.15, 0.2) is 41.6 Å². The highest BCUT2D eigenvalue weighted by Crippen LogP contribution is 2.21. The SMILES string of the molecule is CCOC(=O)/C(CO)=C(\C(=O)OCC)N(C)c1ccccc1. The molecule has 1 aromatic carbocycles. The Morgan fingerprint density at radius 3 is 2.09 bits per heavy atom. The van der Waals surface area contributed by atoms with Gasteiger partial charge in [0.15, 0.2) is 0 Å². The molecule has 0 bridgehead atoms. The van der Waals surface area contributed by atoms with Crippen LogP contribution >= 0.6 is 0 Å². The zero-order valence-electron chi connectivity index (χ0n) is 13.0. The number of aliphatic hydroxyl groups is 1. The normalized spacial score (nSPS) is 11.5. The average Bonchev–Trinajstić information content (AvgIpc) is 2.53. The Morgan fingerprint density at radius 1 is 1.05 bits per heavy atom. The van der Waals surface area contributed by atoms with Gasteiger partial charge in [-0.15, -0.1) is 0 Å². The van der Waals surface area contributed by atoms with Gasteiger partial charge in [0.05, 0.1) is 25.4 Å². The molecule has 22 heavy (non-hydrogen) atoms. The number of hydrogen-bond donors (Lipinski definition) is 1. The fourth-order valence-corrected chi connectivity index (χ4v) is 1.90. The number of para-hydroxylation sites is 1. The van der Waals surface area contributed by atoms with Crippen molar-refractivity contribution in [1.29, 1.82) is 0 Å². The Bertz CT molecular complexity index is 539. The molecule has 0 saturated carbocycles. The van der Waals surface area contributed by atoms with Gasteiger partial charge in [0.2, 0.25) is 0 Å². The molecule has 1 rings (SSSR count). The summed E-state index contributed by atoms with van der Waals surface area (Å²) in [6.45, 7) is 3.00. The van der Waals surface area contributed by atoms with Crippen LogP contribution in [0.5, 0.6) is 0 Å². The molecule has 0 unspecified atom stereocenters. The third-order valence-corrected chi connectivity index (χ3v) is 2.91. The topological polar surface area (TPSA) is 76.1 Å². The van der Waals surface area contributed by atoms with Gasteiger partial charge < -0.3 is 19.5 Å². The molecule has 0 heterocycles. The van der Waals surface area contributed by atoms with E-state index in [1.807, 2.05) is 6.07 Å². The van der Waals surface area contributed by atoms with E-state index >= 15 is 0 Å². The number of likely N-dealkylation sites (N-methyl/N-ethyl adjacent to an activating group) is 1. The van der Waals surface area contributed by atoms with Crippen molar-refractivity contribution in [3.05, 3.63) is 41.6 Å². The molecule has 6 heteroatoms. The van der Waals surface area contributed by atoms with Crippen LogP contribution in [0.25, 0.3) is 0 Å². The summed E-state index contributed by atoms with van der Waals surface area (Å²) < 4.78 is 9.90. The van der Waals surface area contributed by atoms with E-state index in [4.69, 9.17) is 9.47 Å². The number of carbonyl (C=O) groups is 2. The lowest BCUT2D eigenvalue weighted by Gasteiger charge is -2.23. The van der Waals surface area contributed by atoms with Crippen molar-refractivity contribution in [3.63, 3.8) is 0 Å². The van der Waals surface area contributed by atoms with E-state index in [0.29, 0.717) is 5.69 Å². The molecule has 0 aromatic heterocycles. The summed E-state index contributed by atoms with van der Waals surface area (Å²) in [4.78, 5) is 25.7. The molecule has 0 radical (unpaired) electrons. The number of esters is 2. The van der Waals surface area contributed by atoms with Gasteiger partial charge in [0.25, 0.3) is 0 Å². The van der Waals surface area contributed by atoms with Crippen LogP contribution in [0.4, 0.5) is 5.69 Å². The summed E-state index contributed by atoms with van der Waals surface area (Å²) in [5.41, 5.74) is 0.515. The summed E-state index contributed by atoms with van der Waals surface area (Å²) >= 11 is 0. The molecule has 0 amide bonds. The fourth-order valence-electron chi connectivity index (χ4n) is 1.90. The number of nitrogens with zero attached hydrogens (tertiary/aromatic N) is 1. The van der Waals surface area contributed by atoms with Crippen LogP contribution < -0.4 is 4.90 Å². The Balaban J connectivity index is 3.33. The van der Waals surface area contributed by atoms with Gasteiger partial charge >= 0.3 is 11.9 Å². The van der Waals surface area contributed by atoms with E-state index in [9.17, 15) is 14.7 Å². The van der Waals surface area contributed by atoms with E-state index in [1.165, 1.54) is 4.90 Å². The summed E-state index contributed by atoms with van der Waals surface area (Å²) in [5, 5.41) is 9.51. The number of anilines is 1. The Labute approximate surface area is 129 Å². The average molecular weight is 307 g/mol. The van der Waals surface area contributed by atoms with E-state index in [1.54, 1.807) is 45.2 Å². The zero-order valence-corrected chi connectivity index (χ0v) is 13.0. The maximum atomic E-state index is 12.2. The minimum absolute atomic E-state index is 0.0333. The monoisotopic (exact) mass is 307 g/mol. The molecule has 6 nitrogen and oxygen atoms in total. The van der Waals surface area contributed by atoms with Crippen LogP contribution in [0, 0.1) is 0 Å². The summed E-state index contributed by atoms with van der Waals surface area (Å²) in [6, 6.07) is 9.00. The first kappa shape index (κ1) is 17.7. The molecule has 0 saturated heterocycles. The summed E-state index contributed by atoms with van der Waals surface area (Å²) in [7, 11) is 1.62. The minimum atomic E-state index is -0.740. The predicted molar refractivity (Wildman–Crippen MR) is 82.2 cm³/mol. The van der Waals surface area contributed by atoms with E-state index in [-0.39, 0.29) is 24.5 Å². The van der Waals surface area contributed by atoms with Crippen LogP contribution in [-0.4, -0.2) is 43.9 Å². The number of carbonyl (C=O) groups excluding carboxylic acids is 2. The lowest BCUT2D eigenvalue weighted by Crippen LogP contribution is -2.30. The van der Waals surface area contributed by atoms with Crippen molar-refractivity contribution in [3.8, 4) is 0 Å². The van der Waals surface area contributed by atoms with Gasteiger partial charge in [-0.25, -0.2) is 9.59 Å². The molecule has 0 atom stereocenters. The number of hydrogen-bond acceptors (Lipinski definition) is 6. The molecule has 0 aliphatic carbocycles. The van der Waals surface area contributed by atoms with Gasteiger partial charge in [-0.2, -0.15) is 0 Å². The van der Waals surface area contributed by atoms with Crippen molar-refractivity contribution in [2.45, 2.75) is 13.8 Å². The molecular weight excluding hydrogens is 286 g/mol. The molecule has 0 spiro atoms. The fraction of sp³-hybridized carbons (Fsp3) is 0.375. The first-order valence-electron chi connectivity index (χ1n) is 7.03. The number of rotatable bonds is 7. The van der Waals surface area contributed by atoms with Crippen molar-refractivity contribution in [1.82, 2.24) is 0 Å². The molecule has 1 N–H and O–H groups in total. The van der Waals surface area contributed by atoms with Gasteiger partial charge in [-0.1, -0.05) is 18.2 Å². The van der Waals surface area contributed by atoms with Gasteiger partial charge in [0, 0.05) is 12.7 Å². The van der Waals surface area contributed by atoms with Crippen molar-refractivity contribution >= 4 is 17.6 Å².